The van der Waals surface area contributed by atoms with E-state index in [1.165, 1.54) is 19.3 Å². The van der Waals surface area contributed by atoms with Crippen molar-refractivity contribution in [3.05, 3.63) is 29.8 Å². The first-order valence-electron chi connectivity index (χ1n) is 7.36. The first-order valence-corrected chi connectivity index (χ1v) is 7.36. The Morgan fingerprint density at radius 1 is 1.30 bits per heavy atom. The van der Waals surface area contributed by atoms with Crippen LogP contribution < -0.4 is 10.6 Å². The largest absolute Gasteiger partial charge is 0.392 e. The summed E-state index contributed by atoms with van der Waals surface area (Å²) in [5.74, 6) is 0.0383. The van der Waals surface area contributed by atoms with Gasteiger partial charge in [-0.15, -0.1) is 0 Å². The zero-order chi connectivity index (χ0) is 14.4. The summed E-state index contributed by atoms with van der Waals surface area (Å²) in [5, 5.41) is 15.4. The number of hydrogen-bond acceptors (Lipinski definition) is 3. The van der Waals surface area contributed by atoms with E-state index < -0.39 is 0 Å². The van der Waals surface area contributed by atoms with Crippen LogP contribution in [0.4, 0.5) is 5.69 Å². The van der Waals surface area contributed by atoms with Crippen molar-refractivity contribution in [2.45, 2.75) is 50.7 Å². The average molecular weight is 276 g/mol. The van der Waals surface area contributed by atoms with Gasteiger partial charge in [-0.3, -0.25) is 4.79 Å². The zero-order valence-electron chi connectivity index (χ0n) is 12.1. The molecule has 2 rings (SSSR count). The fourth-order valence-corrected chi connectivity index (χ4v) is 3.00. The van der Waals surface area contributed by atoms with Gasteiger partial charge >= 0.3 is 0 Å². The van der Waals surface area contributed by atoms with Gasteiger partial charge in [0.15, 0.2) is 0 Å². The van der Waals surface area contributed by atoms with Crippen LogP contribution in [-0.4, -0.2) is 23.6 Å². The van der Waals surface area contributed by atoms with Gasteiger partial charge < -0.3 is 15.7 Å². The molecule has 3 N–H and O–H groups in total. The van der Waals surface area contributed by atoms with E-state index in [-0.39, 0.29) is 18.1 Å². The van der Waals surface area contributed by atoms with Crippen molar-refractivity contribution in [2.24, 2.45) is 0 Å². The third kappa shape index (κ3) is 3.81. The molecule has 1 aliphatic carbocycles. The molecule has 1 fully saturated rings. The standard InChI is InChI=1S/C16H24N2O2/c1-17-16(8-3-2-4-9-16)11-15(20)18-14-7-5-6-13(10-14)12-19/h5-7,10,17,19H,2-4,8-9,11-12H2,1H3,(H,18,20). The van der Waals surface area contributed by atoms with Crippen molar-refractivity contribution in [1.29, 1.82) is 0 Å². The van der Waals surface area contributed by atoms with Crippen molar-refractivity contribution in [1.82, 2.24) is 5.32 Å². The van der Waals surface area contributed by atoms with Gasteiger partial charge in [0.1, 0.15) is 0 Å². The molecule has 0 radical (unpaired) electrons. The molecule has 1 amide bonds. The van der Waals surface area contributed by atoms with E-state index in [1.54, 1.807) is 0 Å². The molecule has 0 bridgehead atoms. The van der Waals surface area contributed by atoms with E-state index in [0.29, 0.717) is 6.42 Å². The molecule has 0 aromatic heterocycles. The lowest BCUT2D eigenvalue weighted by Crippen LogP contribution is -2.47. The molecule has 0 spiro atoms. The normalized spacial score (nSPS) is 17.7. The number of carbonyl (C=O) groups excluding carboxylic acids is 1. The maximum Gasteiger partial charge on any atom is 0.226 e. The van der Waals surface area contributed by atoms with E-state index >= 15 is 0 Å². The van der Waals surface area contributed by atoms with Crippen molar-refractivity contribution in [2.75, 3.05) is 12.4 Å². The highest BCUT2D eigenvalue weighted by atomic mass is 16.3. The van der Waals surface area contributed by atoms with Crippen LogP contribution in [0.25, 0.3) is 0 Å². The number of nitrogens with one attached hydrogen (secondary N) is 2. The van der Waals surface area contributed by atoms with Gasteiger partial charge in [-0.05, 0) is 37.6 Å². The third-order valence-electron chi connectivity index (χ3n) is 4.23. The predicted molar refractivity (Wildman–Crippen MR) is 80.5 cm³/mol. The number of benzene rings is 1. The van der Waals surface area contributed by atoms with Gasteiger partial charge in [0.2, 0.25) is 5.91 Å². The number of carbonyl (C=O) groups is 1. The Labute approximate surface area is 120 Å². The first-order chi connectivity index (χ1) is 9.67. The lowest BCUT2D eigenvalue weighted by molar-refractivity contribution is -0.117. The van der Waals surface area contributed by atoms with E-state index in [1.807, 2.05) is 31.3 Å². The van der Waals surface area contributed by atoms with Gasteiger partial charge in [-0.25, -0.2) is 0 Å². The molecule has 1 aromatic carbocycles. The Morgan fingerprint density at radius 2 is 2.05 bits per heavy atom. The van der Waals surface area contributed by atoms with Crippen LogP contribution in [0.5, 0.6) is 0 Å². The summed E-state index contributed by atoms with van der Waals surface area (Å²) in [6, 6.07) is 7.34. The SMILES string of the molecule is CNC1(CC(=O)Nc2cccc(CO)c2)CCCCC1. The van der Waals surface area contributed by atoms with Crippen molar-refractivity contribution in [3.8, 4) is 0 Å². The maximum atomic E-state index is 12.2. The average Bonchev–Trinajstić information content (AvgIpc) is 2.48. The number of aliphatic hydroxyl groups excluding tert-OH is 1. The summed E-state index contributed by atoms with van der Waals surface area (Å²) in [6.07, 6.45) is 6.28. The monoisotopic (exact) mass is 276 g/mol. The topological polar surface area (TPSA) is 61.4 Å². The smallest absolute Gasteiger partial charge is 0.226 e. The van der Waals surface area contributed by atoms with E-state index in [4.69, 9.17) is 5.11 Å². The van der Waals surface area contributed by atoms with Crippen LogP contribution in [0.1, 0.15) is 44.1 Å². The second-order valence-corrected chi connectivity index (χ2v) is 5.67. The summed E-state index contributed by atoms with van der Waals surface area (Å²) < 4.78 is 0. The number of rotatable bonds is 5. The molecule has 0 unspecified atom stereocenters. The summed E-state index contributed by atoms with van der Waals surface area (Å²) in [7, 11) is 1.95. The predicted octanol–water partition coefficient (Wildman–Crippen LogP) is 2.43. The number of aliphatic hydroxyl groups is 1. The molecule has 1 aliphatic rings. The molecule has 4 nitrogen and oxygen atoms in total. The maximum absolute atomic E-state index is 12.2. The molecule has 0 heterocycles. The Balaban J connectivity index is 1.97. The van der Waals surface area contributed by atoms with Crippen LogP contribution in [0.15, 0.2) is 24.3 Å². The molecule has 0 atom stereocenters. The highest BCUT2D eigenvalue weighted by Gasteiger charge is 2.32. The number of hydrogen-bond donors (Lipinski definition) is 3. The fraction of sp³-hybridized carbons (Fsp3) is 0.562. The van der Waals surface area contributed by atoms with Gasteiger partial charge in [0.05, 0.1) is 6.61 Å². The molecule has 1 saturated carbocycles. The van der Waals surface area contributed by atoms with Crippen molar-refractivity contribution >= 4 is 11.6 Å². The van der Waals surface area contributed by atoms with Gasteiger partial charge in [-0.2, -0.15) is 0 Å². The summed E-state index contributed by atoms with van der Waals surface area (Å²) >= 11 is 0. The highest BCUT2D eigenvalue weighted by Crippen LogP contribution is 2.31. The quantitative estimate of drug-likeness (QED) is 0.774. The molecule has 20 heavy (non-hydrogen) atoms. The van der Waals surface area contributed by atoms with Crippen molar-refractivity contribution < 1.29 is 9.90 Å². The zero-order valence-corrected chi connectivity index (χ0v) is 12.1. The second kappa shape index (κ2) is 6.86. The van der Waals surface area contributed by atoms with E-state index in [2.05, 4.69) is 10.6 Å². The Bertz CT molecular complexity index is 454. The van der Waals surface area contributed by atoms with Crippen LogP contribution in [0.2, 0.25) is 0 Å². The molecular weight excluding hydrogens is 252 g/mol. The van der Waals surface area contributed by atoms with Crippen molar-refractivity contribution in [3.63, 3.8) is 0 Å². The second-order valence-electron chi connectivity index (χ2n) is 5.67. The highest BCUT2D eigenvalue weighted by molar-refractivity contribution is 5.91. The minimum atomic E-state index is -0.0447. The van der Waals surface area contributed by atoms with Crippen LogP contribution in [-0.2, 0) is 11.4 Å². The van der Waals surface area contributed by atoms with Crippen LogP contribution in [0.3, 0.4) is 0 Å². The fourth-order valence-electron chi connectivity index (χ4n) is 3.00. The number of amides is 1. The van der Waals surface area contributed by atoms with E-state index in [0.717, 1.165) is 24.1 Å². The molecule has 1 aromatic rings. The van der Waals surface area contributed by atoms with Gasteiger partial charge in [0.25, 0.3) is 0 Å². The van der Waals surface area contributed by atoms with E-state index in [9.17, 15) is 4.79 Å². The number of anilines is 1. The van der Waals surface area contributed by atoms with Crippen LogP contribution >= 0.6 is 0 Å². The lowest BCUT2D eigenvalue weighted by Gasteiger charge is -2.36. The minimum absolute atomic E-state index is 0.00976. The minimum Gasteiger partial charge on any atom is -0.392 e. The molecular formula is C16H24N2O2. The van der Waals surface area contributed by atoms with Gasteiger partial charge in [-0.1, -0.05) is 31.4 Å². The Hall–Kier alpha value is -1.39. The Kier molecular flexibility index (Phi) is 5.15. The van der Waals surface area contributed by atoms with Crippen LogP contribution in [0, 0.1) is 0 Å². The lowest BCUT2D eigenvalue weighted by atomic mass is 9.79. The molecule has 0 aliphatic heterocycles. The molecule has 0 saturated heterocycles. The summed E-state index contributed by atoms with van der Waals surface area (Å²) in [6.45, 7) is -0.00976. The third-order valence-corrected chi connectivity index (χ3v) is 4.23. The summed E-state index contributed by atoms with van der Waals surface area (Å²) in [5.41, 5.74) is 1.52. The first kappa shape index (κ1) is 15.0. The van der Waals surface area contributed by atoms with Gasteiger partial charge in [0, 0.05) is 17.6 Å². The molecule has 110 valence electrons. The molecule has 4 heteroatoms. The summed E-state index contributed by atoms with van der Waals surface area (Å²) in [4.78, 5) is 12.2. The Morgan fingerprint density at radius 3 is 2.70 bits per heavy atom.